The van der Waals surface area contributed by atoms with Crippen LogP contribution in [0.3, 0.4) is 0 Å². The third-order valence-corrected chi connectivity index (χ3v) is 4.88. The van der Waals surface area contributed by atoms with E-state index in [2.05, 4.69) is 6.92 Å². The fourth-order valence-corrected chi connectivity index (χ4v) is 3.18. The number of nitrogens with zero attached hydrogens (tertiary/aromatic N) is 1. The van der Waals surface area contributed by atoms with Crippen LogP contribution in [0.15, 0.2) is 12.2 Å². The van der Waals surface area contributed by atoms with Crippen molar-refractivity contribution in [2.45, 2.75) is 122 Å². The molecule has 4 heteroatoms. The average molecular weight is 367 g/mol. The zero-order valence-electron chi connectivity index (χ0n) is 16.9. The molecule has 0 heterocycles. The highest BCUT2D eigenvalue weighted by Gasteiger charge is 2.14. The molecule has 1 radical (unpaired) electrons. The van der Waals surface area contributed by atoms with Crippen LogP contribution in [0.25, 0.3) is 0 Å². The van der Waals surface area contributed by atoms with Gasteiger partial charge >= 0.3 is 0 Å². The van der Waals surface area contributed by atoms with Gasteiger partial charge in [0.25, 0.3) is 0 Å². The van der Waals surface area contributed by atoms with Crippen molar-refractivity contribution < 1.29 is 9.72 Å². The minimum atomic E-state index is -0.490. The molecule has 0 aromatic heterocycles. The van der Waals surface area contributed by atoms with Gasteiger partial charge in [0, 0.05) is 17.8 Å². The molecule has 1 atom stereocenters. The van der Waals surface area contributed by atoms with Crippen molar-refractivity contribution in [3.63, 3.8) is 0 Å². The monoisotopic (exact) mass is 366 g/mol. The van der Waals surface area contributed by atoms with Crippen molar-refractivity contribution in [1.82, 2.24) is 0 Å². The van der Waals surface area contributed by atoms with Gasteiger partial charge in [-0.2, -0.15) is 0 Å². The van der Waals surface area contributed by atoms with E-state index in [-0.39, 0.29) is 4.92 Å². The summed E-state index contributed by atoms with van der Waals surface area (Å²) in [5.41, 5.74) is 0. The van der Waals surface area contributed by atoms with E-state index in [1.165, 1.54) is 57.8 Å². The normalized spacial score (nSPS) is 12.5. The number of carbonyl (C=O) groups excluding carboxylic acids is 1. The van der Waals surface area contributed by atoms with Gasteiger partial charge in [0.2, 0.25) is 6.04 Å². The maximum absolute atomic E-state index is 11.1. The highest BCUT2D eigenvalue weighted by molar-refractivity contribution is 5.50. The van der Waals surface area contributed by atoms with Gasteiger partial charge in [-0.25, -0.2) is 0 Å². The molecule has 0 aromatic carbocycles. The van der Waals surface area contributed by atoms with Crippen LogP contribution in [0.2, 0.25) is 0 Å². The van der Waals surface area contributed by atoms with Crippen LogP contribution in [0.5, 0.6) is 0 Å². The Morgan fingerprint density at radius 2 is 1.38 bits per heavy atom. The van der Waals surface area contributed by atoms with E-state index in [1.807, 2.05) is 18.4 Å². The van der Waals surface area contributed by atoms with Gasteiger partial charge in [-0.3, -0.25) is 14.9 Å². The van der Waals surface area contributed by atoms with Gasteiger partial charge in [0.05, 0.1) is 0 Å². The van der Waals surface area contributed by atoms with Crippen molar-refractivity contribution in [2.24, 2.45) is 0 Å². The summed E-state index contributed by atoms with van der Waals surface area (Å²) in [5, 5.41) is 11.1. The number of rotatable bonds is 20. The molecule has 0 rings (SSSR count). The van der Waals surface area contributed by atoms with E-state index in [0.29, 0.717) is 12.8 Å². The van der Waals surface area contributed by atoms with Crippen molar-refractivity contribution in [3.05, 3.63) is 22.3 Å². The molecule has 0 saturated heterocycles. The number of allylic oxidation sites excluding steroid dienone is 1. The summed E-state index contributed by atoms with van der Waals surface area (Å²) in [6.07, 6.45) is 24.6. The van der Waals surface area contributed by atoms with E-state index in [4.69, 9.17) is 0 Å². The lowest BCUT2D eigenvalue weighted by atomic mass is 10.0. The van der Waals surface area contributed by atoms with Crippen LogP contribution in [-0.4, -0.2) is 17.3 Å². The lowest BCUT2D eigenvalue weighted by molar-refractivity contribution is -0.510. The topological polar surface area (TPSA) is 60.2 Å². The average Bonchev–Trinajstić information content (AvgIpc) is 2.63. The van der Waals surface area contributed by atoms with E-state index in [0.717, 1.165) is 38.5 Å². The second kappa shape index (κ2) is 20.1. The molecule has 0 aliphatic carbocycles. The lowest BCUT2D eigenvalue weighted by Crippen LogP contribution is -2.16. The second-order valence-corrected chi connectivity index (χ2v) is 7.35. The zero-order valence-corrected chi connectivity index (χ0v) is 16.9. The molecule has 1 unspecified atom stereocenters. The minimum absolute atomic E-state index is 0.139. The molecule has 0 spiro atoms. The first-order valence-corrected chi connectivity index (χ1v) is 10.9. The van der Waals surface area contributed by atoms with Gasteiger partial charge in [-0.15, -0.1) is 0 Å². The molecule has 0 N–H and O–H groups in total. The minimum Gasteiger partial charge on any atom is -0.291 e. The van der Waals surface area contributed by atoms with Crippen molar-refractivity contribution in [1.29, 1.82) is 0 Å². The van der Waals surface area contributed by atoms with Crippen molar-refractivity contribution >= 4 is 6.29 Å². The number of nitro groups is 1. The molecule has 0 amide bonds. The van der Waals surface area contributed by atoms with E-state index in [9.17, 15) is 14.9 Å². The van der Waals surface area contributed by atoms with Crippen molar-refractivity contribution in [3.8, 4) is 0 Å². The molecule has 0 aliphatic heterocycles. The zero-order chi connectivity index (χ0) is 19.3. The molecule has 0 aromatic rings. The molecule has 0 saturated carbocycles. The quantitative estimate of drug-likeness (QED) is 0.101. The summed E-state index contributed by atoms with van der Waals surface area (Å²) in [4.78, 5) is 21.0. The highest BCUT2D eigenvalue weighted by atomic mass is 16.6. The molecule has 151 valence electrons. The Morgan fingerprint density at radius 3 is 1.92 bits per heavy atom. The van der Waals surface area contributed by atoms with E-state index < -0.39 is 6.04 Å². The van der Waals surface area contributed by atoms with Gasteiger partial charge < -0.3 is 0 Å². The van der Waals surface area contributed by atoms with Crippen LogP contribution in [0.1, 0.15) is 116 Å². The van der Waals surface area contributed by atoms with Crippen LogP contribution in [0.4, 0.5) is 0 Å². The second-order valence-electron chi connectivity index (χ2n) is 7.35. The Hall–Kier alpha value is -1.19. The maximum atomic E-state index is 11.1. The van der Waals surface area contributed by atoms with Gasteiger partial charge in [-0.1, -0.05) is 83.6 Å². The van der Waals surface area contributed by atoms with E-state index in [1.54, 1.807) is 0 Å². The highest BCUT2D eigenvalue weighted by Crippen LogP contribution is 2.13. The number of hydrogen-bond acceptors (Lipinski definition) is 3. The third kappa shape index (κ3) is 17.6. The first-order chi connectivity index (χ1) is 12.7. The Morgan fingerprint density at radius 1 is 0.846 bits per heavy atom. The van der Waals surface area contributed by atoms with Crippen LogP contribution < -0.4 is 0 Å². The molecular weight excluding hydrogens is 326 g/mol. The Balaban J connectivity index is 3.46. The Kier molecular flexibility index (Phi) is 19.2. The standard InChI is InChI=1S/C22H40NO3/c1-2-3-4-16-19-22(23(25)26)20-17-14-12-10-8-6-5-7-9-11-13-15-18-21-24/h17,20,22H,2-16,18-19H2,1H3/b20-17+. The van der Waals surface area contributed by atoms with Gasteiger partial charge in [0.1, 0.15) is 0 Å². The van der Waals surface area contributed by atoms with Crippen LogP contribution in [0, 0.1) is 10.1 Å². The molecule has 4 nitrogen and oxygen atoms in total. The summed E-state index contributed by atoms with van der Waals surface area (Å²) >= 11 is 0. The third-order valence-electron chi connectivity index (χ3n) is 4.88. The summed E-state index contributed by atoms with van der Waals surface area (Å²) in [7, 11) is 0. The van der Waals surface area contributed by atoms with Crippen LogP contribution >= 0.6 is 0 Å². The molecular formula is C22H40NO3. The number of hydrogen-bond donors (Lipinski definition) is 0. The summed E-state index contributed by atoms with van der Waals surface area (Å²) < 4.78 is 0. The van der Waals surface area contributed by atoms with Crippen LogP contribution in [-0.2, 0) is 4.79 Å². The summed E-state index contributed by atoms with van der Waals surface area (Å²) in [5.74, 6) is 0. The largest absolute Gasteiger partial charge is 0.291 e. The predicted molar refractivity (Wildman–Crippen MR) is 110 cm³/mol. The molecule has 0 aliphatic rings. The van der Waals surface area contributed by atoms with Crippen molar-refractivity contribution in [2.75, 3.05) is 0 Å². The lowest BCUT2D eigenvalue weighted by Gasteiger charge is -2.04. The van der Waals surface area contributed by atoms with Gasteiger partial charge in [0.15, 0.2) is 6.29 Å². The SMILES string of the molecule is CCCCCCC(/C=C/CCCCCCCCCCCC[C]=O)[N+](=O)[O-]. The Labute approximate surface area is 161 Å². The summed E-state index contributed by atoms with van der Waals surface area (Å²) in [6.45, 7) is 2.15. The summed E-state index contributed by atoms with van der Waals surface area (Å²) in [6, 6.07) is -0.490. The van der Waals surface area contributed by atoms with E-state index >= 15 is 0 Å². The van der Waals surface area contributed by atoms with Gasteiger partial charge in [-0.05, 0) is 31.8 Å². The molecule has 0 bridgehead atoms. The predicted octanol–water partition coefficient (Wildman–Crippen LogP) is 6.95. The molecule has 26 heavy (non-hydrogen) atoms. The Bertz CT molecular complexity index is 355. The smallest absolute Gasteiger partial charge is 0.231 e. The fraction of sp³-hybridized carbons (Fsp3) is 0.864. The maximum Gasteiger partial charge on any atom is 0.231 e. The fourth-order valence-electron chi connectivity index (χ4n) is 3.18. The molecule has 0 fully saturated rings. The number of unbranched alkanes of at least 4 members (excludes halogenated alkanes) is 14. The first-order valence-electron chi connectivity index (χ1n) is 10.9. The first kappa shape index (κ1) is 24.8.